The van der Waals surface area contributed by atoms with E-state index in [1.807, 2.05) is 23.2 Å². The number of hydrogen-bond acceptors (Lipinski definition) is 2. The zero-order valence-electron chi connectivity index (χ0n) is 17.1. The summed E-state index contributed by atoms with van der Waals surface area (Å²) in [5.41, 5.74) is 3.31. The Morgan fingerprint density at radius 3 is 2.41 bits per heavy atom. The van der Waals surface area contributed by atoms with Crippen molar-refractivity contribution in [1.29, 1.82) is 0 Å². The van der Waals surface area contributed by atoms with Crippen molar-refractivity contribution in [2.75, 3.05) is 25.5 Å². The molecule has 3 aromatic rings. The SMILES string of the molecule is CN(C)[C@]1(c2ccccc2)CC[C@@]2(CC1)CN(c1cccc3[nH]ccc13)C(=O)N2. The van der Waals surface area contributed by atoms with Crippen LogP contribution in [-0.2, 0) is 5.54 Å². The molecule has 1 saturated carbocycles. The van der Waals surface area contributed by atoms with Crippen LogP contribution >= 0.6 is 0 Å². The fourth-order valence-electron chi connectivity index (χ4n) is 5.37. The van der Waals surface area contributed by atoms with Gasteiger partial charge in [0.2, 0.25) is 0 Å². The van der Waals surface area contributed by atoms with Gasteiger partial charge in [0.05, 0.1) is 17.8 Å². The summed E-state index contributed by atoms with van der Waals surface area (Å²) >= 11 is 0. The second-order valence-electron chi connectivity index (χ2n) is 8.80. The number of anilines is 1. The highest BCUT2D eigenvalue weighted by Gasteiger charge is 2.50. The third-order valence-electron chi connectivity index (χ3n) is 7.14. The first kappa shape index (κ1) is 18.3. The molecule has 1 aliphatic heterocycles. The number of aromatic nitrogens is 1. The summed E-state index contributed by atoms with van der Waals surface area (Å²) in [5.74, 6) is 0. The van der Waals surface area contributed by atoms with Crippen LogP contribution in [0.15, 0.2) is 60.8 Å². The van der Waals surface area contributed by atoms with Crippen molar-refractivity contribution >= 4 is 22.6 Å². The van der Waals surface area contributed by atoms with Gasteiger partial charge in [-0.3, -0.25) is 9.80 Å². The summed E-state index contributed by atoms with van der Waals surface area (Å²) in [5, 5.41) is 4.46. The highest BCUT2D eigenvalue weighted by molar-refractivity contribution is 6.04. The Kier molecular flexibility index (Phi) is 4.17. The van der Waals surface area contributed by atoms with Crippen molar-refractivity contribution in [3.05, 3.63) is 66.4 Å². The van der Waals surface area contributed by atoms with E-state index in [2.05, 4.69) is 71.8 Å². The van der Waals surface area contributed by atoms with Crippen molar-refractivity contribution in [1.82, 2.24) is 15.2 Å². The van der Waals surface area contributed by atoms with E-state index in [4.69, 9.17) is 0 Å². The Labute approximate surface area is 171 Å². The number of aromatic amines is 1. The molecular weight excluding hydrogens is 360 g/mol. The zero-order valence-corrected chi connectivity index (χ0v) is 17.1. The number of nitrogens with one attached hydrogen (secondary N) is 2. The van der Waals surface area contributed by atoms with Gasteiger partial charge in [0, 0.05) is 22.6 Å². The highest BCUT2D eigenvalue weighted by atomic mass is 16.2. The lowest BCUT2D eigenvalue weighted by Crippen LogP contribution is -2.54. The fourth-order valence-corrected chi connectivity index (χ4v) is 5.37. The molecule has 5 rings (SSSR count). The summed E-state index contributed by atoms with van der Waals surface area (Å²) in [6.07, 6.45) is 5.96. The fraction of sp³-hybridized carbons (Fsp3) is 0.375. The van der Waals surface area contributed by atoms with Crippen molar-refractivity contribution in [3.63, 3.8) is 0 Å². The molecule has 2 heterocycles. The van der Waals surface area contributed by atoms with E-state index >= 15 is 0 Å². The predicted octanol–water partition coefficient (Wildman–Crippen LogP) is 4.47. The van der Waals surface area contributed by atoms with Gasteiger partial charge >= 0.3 is 6.03 Å². The minimum absolute atomic E-state index is 0.0239. The molecule has 2 amide bonds. The molecule has 1 spiro atoms. The average molecular weight is 389 g/mol. The monoisotopic (exact) mass is 388 g/mol. The quantitative estimate of drug-likeness (QED) is 0.696. The lowest BCUT2D eigenvalue weighted by molar-refractivity contribution is 0.0658. The van der Waals surface area contributed by atoms with Gasteiger partial charge in [0.25, 0.3) is 0 Å². The van der Waals surface area contributed by atoms with E-state index < -0.39 is 0 Å². The molecule has 29 heavy (non-hydrogen) atoms. The van der Waals surface area contributed by atoms with Gasteiger partial charge in [-0.1, -0.05) is 36.4 Å². The molecule has 150 valence electrons. The smallest absolute Gasteiger partial charge is 0.322 e. The van der Waals surface area contributed by atoms with Crippen molar-refractivity contribution in [2.45, 2.75) is 36.8 Å². The highest BCUT2D eigenvalue weighted by Crippen LogP contribution is 2.46. The molecule has 1 aliphatic carbocycles. The number of rotatable bonds is 3. The summed E-state index contributed by atoms with van der Waals surface area (Å²) in [6, 6.07) is 19.0. The van der Waals surface area contributed by atoms with E-state index in [-0.39, 0.29) is 17.1 Å². The Bertz CT molecular complexity index is 1030. The van der Waals surface area contributed by atoms with Gasteiger partial charge in [-0.05, 0) is 63.5 Å². The maximum atomic E-state index is 13.0. The number of H-pyrrole nitrogens is 1. The standard InChI is InChI=1S/C24H28N4O/c1-27(2)24(18-7-4-3-5-8-18)14-12-23(13-15-24)17-28(22(29)26-23)21-10-6-9-20-19(21)11-16-25-20/h3-11,16,25H,12-15,17H2,1-2H3,(H,26,29)/t23-,24-. The number of hydrogen-bond donors (Lipinski definition) is 2. The lowest BCUT2D eigenvalue weighted by Gasteiger charge is -2.48. The normalized spacial score (nSPS) is 27.1. The van der Waals surface area contributed by atoms with Crippen LogP contribution in [0.2, 0.25) is 0 Å². The second-order valence-corrected chi connectivity index (χ2v) is 8.80. The molecule has 2 aromatic carbocycles. The molecule has 2 aliphatic rings. The first-order chi connectivity index (χ1) is 14.0. The van der Waals surface area contributed by atoms with E-state index in [1.54, 1.807) is 0 Å². The van der Waals surface area contributed by atoms with Gasteiger partial charge in [-0.2, -0.15) is 0 Å². The Hall–Kier alpha value is -2.79. The van der Waals surface area contributed by atoms with Gasteiger partial charge < -0.3 is 10.3 Å². The Morgan fingerprint density at radius 1 is 0.931 bits per heavy atom. The summed E-state index contributed by atoms with van der Waals surface area (Å²) in [4.78, 5) is 20.5. The number of urea groups is 1. The van der Waals surface area contributed by atoms with E-state index in [0.29, 0.717) is 0 Å². The van der Waals surface area contributed by atoms with Gasteiger partial charge in [0.15, 0.2) is 0 Å². The number of carbonyl (C=O) groups excluding carboxylic acids is 1. The van der Waals surface area contributed by atoms with Gasteiger partial charge in [-0.15, -0.1) is 0 Å². The number of amides is 2. The molecule has 5 nitrogen and oxygen atoms in total. The maximum Gasteiger partial charge on any atom is 0.322 e. The number of nitrogens with zero attached hydrogens (tertiary/aromatic N) is 2. The topological polar surface area (TPSA) is 51.4 Å². The maximum absolute atomic E-state index is 13.0. The minimum atomic E-state index is -0.149. The van der Waals surface area contributed by atoms with Gasteiger partial charge in [0.1, 0.15) is 0 Å². The molecule has 5 heteroatoms. The Balaban J connectivity index is 1.41. The van der Waals surface area contributed by atoms with E-state index in [0.717, 1.165) is 48.8 Å². The summed E-state index contributed by atoms with van der Waals surface area (Å²) in [6.45, 7) is 0.731. The molecule has 0 unspecified atom stereocenters. The lowest BCUT2D eigenvalue weighted by atomic mass is 9.69. The number of benzene rings is 2. The number of fused-ring (bicyclic) bond motifs is 1. The van der Waals surface area contributed by atoms with Crippen LogP contribution in [0.1, 0.15) is 31.2 Å². The van der Waals surface area contributed by atoms with Crippen LogP contribution in [0.4, 0.5) is 10.5 Å². The Morgan fingerprint density at radius 2 is 1.69 bits per heavy atom. The third-order valence-corrected chi connectivity index (χ3v) is 7.14. The summed E-state index contributed by atoms with van der Waals surface area (Å²) < 4.78 is 0. The third kappa shape index (κ3) is 2.84. The second kappa shape index (κ2) is 6.63. The summed E-state index contributed by atoms with van der Waals surface area (Å²) in [7, 11) is 4.36. The molecule has 0 bridgehead atoms. The molecule has 1 aromatic heterocycles. The molecule has 0 radical (unpaired) electrons. The van der Waals surface area contributed by atoms with Crippen molar-refractivity contribution in [3.8, 4) is 0 Å². The van der Waals surface area contributed by atoms with Crippen LogP contribution in [0.3, 0.4) is 0 Å². The van der Waals surface area contributed by atoms with E-state index in [9.17, 15) is 4.79 Å². The first-order valence-electron chi connectivity index (χ1n) is 10.4. The zero-order chi connectivity index (χ0) is 20.1. The first-order valence-corrected chi connectivity index (χ1v) is 10.4. The van der Waals surface area contributed by atoms with Crippen molar-refractivity contribution < 1.29 is 4.79 Å². The van der Waals surface area contributed by atoms with Crippen LogP contribution in [0.25, 0.3) is 10.9 Å². The molecule has 2 N–H and O–H groups in total. The molecule has 0 atom stereocenters. The molecule has 1 saturated heterocycles. The van der Waals surface area contributed by atoms with Crippen LogP contribution in [0.5, 0.6) is 0 Å². The average Bonchev–Trinajstić information content (AvgIpc) is 3.34. The van der Waals surface area contributed by atoms with Crippen LogP contribution < -0.4 is 10.2 Å². The largest absolute Gasteiger partial charge is 0.361 e. The predicted molar refractivity (Wildman–Crippen MR) is 117 cm³/mol. The minimum Gasteiger partial charge on any atom is -0.361 e. The van der Waals surface area contributed by atoms with Gasteiger partial charge in [-0.25, -0.2) is 4.79 Å². The molecule has 2 fully saturated rings. The van der Waals surface area contributed by atoms with Crippen LogP contribution in [-0.4, -0.2) is 42.1 Å². The molecular formula is C24H28N4O. The van der Waals surface area contributed by atoms with E-state index in [1.165, 1.54) is 5.56 Å². The van der Waals surface area contributed by atoms with Crippen LogP contribution in [0, 0.1) is 0 Å². The number of carbonyl (C=O) groups is 1. The van der Waals surface area contributed by atoms with Crippen molar-refractivity contribution in [2.24, 2.45) is 0 Å².